The normalized spacial score (nSPS) is 17.5. The fraction of sp³-hybridized carbons (Fsp3) is 0.632. The second-order valence-electron chi connectivity index (χ2n) is 6.55. The van der Waals surface area contributed by atoms with Crippen molar-refractivity contribution in [2.24, 2.45) is 11.7 Å². The smallest absolute Gasteiger partial charge is 0.239 e. The lowest BCUT2D eigenvalue weighted by molar-refractivity contribution is -0.134. The third-order valence-corrected chi connectivity index (χ3v) is 4.95. The molecule has 0 unspecified atom stereocenters. The van der Waals surface area contributed by atoms with Crippen LogP contribution in [0.3, 0.4) is 0 Å². The predicted octanol–water partition coefficient (Wildman–Crippen LogP) is 2.14. The molecule has 1 aromatic carbocycles. The van der Waals surface area contributed by atoms with Gasteiger partial charge in [0.25, 0.3) is 0 Å². The number of hydrogen-bond donors (Lipinski definition) is 1. The van der Waals surface area contributed by atoms with E-state index in [-0.39, 0.29) is 5.91 Å². The van der Waals surface area contributed by atoms with Gasteiger partial charge in [0.1, 0.15) is 0 Å². The molecule has 1 aromatic rings. The van der Waals surface area contributed by atoms with Crippen LogP contribution < -0.4 is 5.73 Å². The molecule has 1 saturated heterocycles. The van der Waals surface area contributed by atoms with E-state index < -0.39 is 6.04 Å². The van der Waals surface area contributed by atoms with Crippen LogP contribution >= 0.6 is 0 Å². The standard InChI is InChI=1S/C19H31N3O/c1-3-21(4-2)15-17-10-12-22(13-11-17)19(23)18(20)14-16-8-6-5-7-9-16/h5-9,17-18H,3-4,10-15,20H2,1-2H3/t18-/m0/s1. The molecule has 1 aliphatic rings. The number of benzene rings is 1. The van der Waals surface area contributed by atoms with Gasteiger partial charge in [-0.05, 0) is 43.8 Å². The van der Waals surface area contributed by atoms with Gasteiger partial charge in [-0.25, -0.2) is 0 Å². The van der Waals surface area contributed by atoms with Gasteiger partial charge in [-0.1, -0.05) is 44.2 Å². The summed E-state index contributed by atoms with van der Waals surface area (Å²) in [7, 11) is 0. The van der Waals surface area contributed by atoms with Crippen molar-refractivity contribution in [3.63, 3.8) is 0 Å². The first-order chi connectivity index (χ1) is 11.1. The summed E-state index contributed by atoms with van der Waals surface area (Å²) < 4.78 is 0. The van der Waals surface area contributed by atoms with E-state index in [0.717, 1.165) is 51.1 Å². The molecule has 1 atom stereocenters. The largest absolute Gasteiger partial charge is 0.341 e. The van der Waals surface area contributed by atoms with Gasteiger partial charge in [-0.15, -0.1) is 0 Å². The third kappa shape index (κ3) is 5.33. The highest BCUT2D eigenvalue weighted by molar-refractivity contribution is 5.82. The van der Waals surface area contributed by atoms with E-state index in [2.05, 4.69) is 18.7 Å². The molecule has 128 valence electrons. The van der Waals surface area contributed by atoms with E-state index in [0.29, 0.717) is 12.3 Å². The van der Waals surface area contributed by atoms with Crippen LogP contribution in [-0.4, -0.2) is 54.5 Å². The number of carbonyl (C=O) groups is 1. The Kier molecular flexibility index (Phi) is 7.06. The average molecular weight is 317 g/mol. The van der Waals surface area contributed by atoms with Crippen molar-refractivity contribution in [2.75, 3.05) is 32.7 Å². The molecule has 2 rings (SSSR count). The number of piperidine rings is 1. The van der Waals surface area contributed by atoms with Crippen molar-refractivity contribution < 1.29 is 4.79 Å². The van der Waals surface area contributed by atoms with Crippen molar-refractivity contribution in [1.82, 2.24) is 9.80 Å². The highest BCUT2D eigenvalue weighted by atomic mass is 16.2. The first-order valence-corrected chi connectivity index (χ1v) is 8.94. The van der Waals surface area contributed by atoms with E-state index >= 15 is 0 Å². The fourth-order valence-corrected chi connectivity index (χ4v) is 3.37. The molecule has 4 heteroatoms. The zero-order valence-electron chi connectivity index (χ0n) is 14.6. The number of likely N-dealkylation sites (tertiary alicyclic amines) is 1. The van der Waals surface area contributed by atoms with Gasteiger partial charge in [-0.3, -0.25) is 4.79 Å². The number of hydrogen-bond acceptors (Lipinski definition) is 3. The molecule has 0 saturated carbocycles. The molecule has 1 heterocycles. The Hall–Kier alpha value is -1.39. The van der Waals surface area contributed by atoms with Crippen LogP contribution in [0.25, 0.3) is 0 Å². The molecule has 0 spiro atoms. The summed E-state index contributed by atoms with van der Waals surface area (Å²) in [6, 6.07) is 9.61. The molecule has 1 fully saturated rings. The second kappa shape index (κ2) is 9.04. The summed E-state index contributed by atoms with van der Waals surface area (Å²) in [6.07, 6.45) is 2.82. The molecule has 4 nitrogen and oxygen atoms in total. The Balaban J connectivity index is 1.79. The SMILES string of the molecule is CCN(CC)CC1CCN(C(=O)[C@@H](N)Cc2ccccc2)CC1. The number of amides is 1. The van der Waals surface area contributed by atoms with Crippen molar-refractivity contribution in [3.05, 3.63) is 35.9 Å². The minimum absolute atomic E-state index is 0.107. The number of nitrogens with zero attached hydrogens (tertiary/aromatic N) is 2. The van der Waals surface area contributed by atoms with E-state index in [1.165, 1.54) is 0 Å². The summed E-state index contributed by atoms with van der Waals surface area (Å²) in [4.78, 5) is 17.0. The van der Waals surface area contributed by atoms with E-state index in [4.69, 9.17) is 5.73 Å². The number of rotatable bonds is 7. The number of carbonyl (C=O) groups excluding carboxylic acids is 1. The van der Waals surface area contributed by atoms with Crippen LogP contribution in [0.4, 0.5) is 0 Å². The average Bonchev–Trinajstić information content (AvgIpc) is 2.60. The predicted molar refractivity (Wildman–Crippen MR) is 95.2 cm³/mol. The number of nitrogens with two attached hydrogens (primary N) is 1. The molecule has 0 aromatic heterocycles. The summed E-state index contributed by atoms with van der Waals surface area (Å²) in [5.74, 6) is 0.819. The van der Waals surface area contributed by atoms with Crippen LogP contribution in [0.5, 0.6) is 0 Å². The van der Waals surface area contributed by atoms with Gasteiger partial charge >= 0.3 is 0 Å². The monoisotopic (exact) mass is 317 g/mol. The summed E-state index contributed by atoms with van der Waals surface area (Å²) >= 11 is 0. The van der Waals surface area contributed by atoms with Crippen LogP contribution in [0.1, 0.15) is 32.3 Å². The lowest BCUT2D eigenvalue weighted by Crippen LogP contribution is -2.49. The molecule has 0 aliphatic carbocycles. The quantitative estimate of drug-likeness (QED) is 0.838. The summed E-state index contributed by atoms with van der Waals surface area (Å²) in [5, 5.41) is 0. The molecular formula is C19H31N3O. The van der Waals surface area contributed by atoms with Gasteiger partial charge in [0, 0.05) is 19.6 Å². The minimum atomic E-state index is -0.420. The van der Waals surface area contributed by atoms with Crippen molar-refractivity contribution in [3.8, 4) is 0 Å². The first kappa shape index (κ1) is 18.0. The van der Waals surface area contributed by atoms with E-state index in [9.17, 15) is 4.79 Å². The zero-order chi connectivity index (χ0) is 16.7. The Morgan fingerprint density at radius 1 is 1.22 bits per heavy atom. The summed E-state index contributed by atoms with van der Waals surface area (Å²) in [5.41, 5.74) is 7.27. The van der Waals surface area contributed by atoms with Crippen molar-refractivity contribution in [1.29, 1.82) is 0 Å². The first-order valence-electron chi connectivity index (χ1n) is 8.94. The van der Waals surface area contributed by atoms with E-state index in [1.807, 2.05) is 35.2 Å². The summed E-state index contributed by atoms with van der Waals surface area (Å²) in [6.45, 7) is 9.51. The Morgan fingerprint density at radius 3 is 2.39 bits per heavy atom. The topological polar surface area (TPSA) is 49.6 Å². The molecule has 0 bridgehead atoms. The van der Waals surface area contributed by atoms with Crippen molar-refractivity contribution in [2.45, 2.75) is 39.2 Å². The lowest BCUT2D eigenvalue weighted by Gasteiger charge is -2.35. The maximum Gasteiger partial charge on any atom is 0.239 e. The maximum atomic E-state index is 12.5. The Bertz CT molecular complexity index is 465. The molecule has 0 radical (unpaired) electrons. The van der Waals surface area contributed by atoms with Gasteiger partial charge in [0.2, 0.25) is 5.91 Å². The molecular weight excluding hydrogens is 286 g/mol. The molecule has 23 heavy (non-hydrogen) atoms. The zero-order valence-corrected chi connectivity index (χ0v) is 14.6. The fourth-order valence-electron chi connectivity index (χ4n) is 3.37. The highest BCUT2D eigenvalue weighted by Gasteiger charge is 2.26. The Morgan fingerprint density at radius 2 is 1.83 bits per heavy atom. The molecule has 2 N–H and O–H groups in total. The van der Waals surface area contributed by atoms with E-state index in [1.54, 1.807) is 0 Å². The Labute approximate surface area is 140 Å². The van der Waals surface area contributed by atoms with Gasteiger partial charge in [0.15, 0.2) is 0 Å². The van der Waals surface area contributed by atoms with Crippen LogP contribution in [-0.2, 0) is 11.2 Å². The van der Waals surface area contributed by atoms with Gasteiger partial charge in [0.05, 0.1) is 6.04 Å². The van der Waals surface area contributed by atoms with Crippen molar-refractivity contribution >= 4 is 5.91 Å². The molecule has 1 amide bonds. The second-order valence-corrected chi connectivity index (χ2v) is 6.55. The third-order valence-electron chi connectivity index (χ3n) is 4.95. The molecule has 1 aliphatic heterocycles. The van der Waals surface area contributed by atoms with Crippen LogP contribution in [0.15, 0.2) is 30.3 Å². The highest BCUT2D eigenvalue weighted by Crippen LogP contribution is 2.19. The van der Waals surface area contributed by atoms with Gasteiger partial charge in [-0.2, -0.15) is 0 Å². The van der Waals surface area contributed by atoms with Crippen LogP contribution in [0.2, 0.25) is 0 Å². The maximum absolute atomic E-state index is 12.5. The van der Waals surface area contributed by atoms with Crippen LogP contribution in [0, 0.1) is 5.92 Å². The lowest BCUT2D eigenvalue weighted by atomic mass is 9.95. The minimum Gasteiger partial charge on any atom is -0.341 e. The van der Waals surface area contributed by atoms with Gasteiger partial charge < -0.3 is 15.5 Å².